The van der Waals surface area contributed by atoms with E-state index in [4.69, 9.17) is 4.74 Å². The number of aliphatic hydroxyl groups is 1. The molecule has 1 saturated carbocycles. The third-order valence-electron chi connectivity index (χ3n) is 2.60. The number of hydrogen-bond acceptors (Lipinski definition) is 2. The van der Waals surface area contributed by atoms with Gasteiger partial charge in [0.2, 0.25) is 0 Å². The summed E-state index contributed by atoms with van der Waals surface area (Å²) in [6.07, 6.45) is 1.66. The lowest BCUT2D eigenvalue weighted by Crippen LogP contribution is -2.01. The van der Waals surface area contributed by atoms with Crippen LogP contribution >= 0.6 is 0 Å². The molecule has 1 aliphatic carbocycles. The lowest BCUT2D eigenvalue weighted by atomic mass is 10.1. The summed E-state index contributed by atoms with van der Waals surface area (Å²) in [4.78, 5) is 0. The Morgan fingerprint density at radius 2 is 2.27 bits per heavy atom. The second-order valence-corrected chi connectivity index (χ2v) is 4.11. The Balaban J connectivity index is 2.03. The zero-order chi connectivity index (χ0) is 10.8. The van der Waals surface area contributed by atoms with Crippen LogP contribution in [-0.4, -0.2) is 11.7 Å². The second-order valence-electron chi connectivity index (χ2n) is 4.11. The van der Waals surface area contributed by atoms with Gasteiger partial charge in [-0.15, -0.1) is 0 Å². The van der Waals surface area contributed by atoms with Gasteiger partial charge in [-0.25, -0.2) is 4.39 Å². The average molecular weight is 210 g/mol. The highest BCUT2D eigenvalue weighted by atomic mass is 19.1. The van der Waals surface area contributed by atoms with Crippen molar-refractivity contribution in [3.05, 3.63) is 29.6 Å². The predicted molar refractivity (Wildman–Crippen MR) is 55.3 cm³/mol. The van der Waals surface area contributed by atoms with E-state index in [2.05, 4.69) is 0 Å². The van der Waals surface area contributed by atoms with Gasteiger partial charge in [0.25, 0.3) is 0 Å². The Bertz CT molecular complexity index is 345. The Labute approximate surface area is 88.7 Å². The topological polar surface area (TPSA) is 29.5 Å². The van der Waals surface area contributed by atoms with Crippen molar-refractivity contribution in [2.45, 2.75) is 25.9 Å². The minimum Gasteiger partial charge on any atom is -0.493 e. The molecule has 1 N–H and O–H groups in total. The summed E-state index contributed by atoms with van der Waals surface area (Å²) in [6, 6.07) is 4.61. The van der Waals surface area contributed by atoms with E-state index in [1.54, 1.807) is 19.1 Å². The van der Waals surface area contributed by atoms with Crippen molar-refractivity contribution in [3.63, 3.8) is 0 Å². The molecule has 0 unspecified atom stereocenters. The lowest BCUT2D eigenvalue weighted by Gasteiger charge is -2.09. The van der Waals surface area contributed by atoms with Crippen molar-refractivity contribution in [1.82, 2.24) is 0 Å². The predicted octanol–water partition coefficient (Wildman–Crippen LogP) is 2.67. The van der Waals surface area contributed by atoms with E-state index in [0.717, 1.165) is 0 Å². The van der Waals surface area contributed by atoms with Crippen LogP contribution in [0.25, 0.3) is 0 Å². The maximum Gasteiger partial charge on any atom is 0.132 e. The van der Waals surface area contributed by atoms with Gasteiger partial charge >= 0.3 is 0 Å². The summed E-state index contributed by atoms with van der Waals surface area (Å²) in [7, 11) is 0. The molecule has 0 aromatic heterocycles. The molecule has 2 nitrogen and oxygen atoms in total. The number of aliphatic hydroxyl groups excluding tert-OH is 1. The molecule has 0 aliphatic heterocycles. The van der Waals surface area contributed by atoms with E-state index in [0.29, 0.717) is 23.8 Å². The molecule has 0 radical (unpaired) electrons. The van der Waals surface area contributed by atoms with Gasteiger partial charge in [0, 0.05) is 11.6 Å². The van der Waals surface area contributed by atoms with Crippen LogP contribution in [0.5, 0.6) is 5.75 Å². The normalized spacial score (nSPS) is 17.5. The fraction of sp³-hybridized carbons (Fsp3) is 0.500. The molecular formula is C12H15FO2. The molecule has 0 saturated heterocycles. The van der Waals surface area contributed by atoms with Crippen LogP contribution in [0.1, 0.15) is 31.4 Å². The van der Waals surface area contributed by atoms with E-state index < -0.39 is 11.9 Å². The van der Waals surface area contributed by atoms with Gasteiger partial charge in [0.1, 0.15) is 11.6 Å². The lowest BCUT2D eigenvalue weighted by molar-refractivity contribution is 0.194. The number of hydrogen-bond donors (Lipinski definition) is 1. The first kappa shape index (κ1) is 10.4. The molecular weight excluding hydrogens is 195 g/mol. The van der Waals surface area contributed by atoms with Crippen molar-refractivity contribution in [2.75, 3.05) is 6.61 Å². The van der Waals surface area contributed by atoms with E-state index in [-0.39, 0.29) is 0 Å². The minimum atomic E-state index is -0.775. The van der Waals surface area contributed by atoms with Crippen molar-refractivity contribution < 1.29 is 14.2 Å². The average Bonchev–Trinajstić information content (AvgIpc) is 2.97. The van der Waals surface area contributed by atoms with Crippen molar-refractivity contribution in [2.24, 2.45) is 5.92 Å². The highest BCUT2D eigenvalue weighted by molar-refractivity contribution is 5.30. The van der Waals surface area contributed by atoms with Crippen molar-refractivity contribution >= 4 is 0 Å². The Morgan fingerprint density at radius 1 is 1.53 bits per heavy atom. The number of halogens is 1. The zero-order valence-electron chi connectivity index (χ0n) is 8.74. The van der Waals surface area contributed by atoms with Crippen molar-refractivity contribution in [3.8, 4) is 5.75 Å². The van der Waals surface area contributed by atoms with Crippen LogP contribution in [0.4, 0.5) is 4.39 Å². The Kier molecular flexibility index (Phi) is 2.91. The molecule has 1 atom stereocenters. The molecule has 0 bridgehead atoms. The highest BCUT2D eigenvalue weighted by Crippen LogP contribution is 2.30. The third-order valence-corrected chi connectivity index (χ3v) is 2.60. The first-order chi connectivity index (χ1) is 7.16. The van der Waals surface area contributed by atoms with Crippen LogP contribution in [0, 0.1) is 11.7 Å². The third kappa shape index (κ3) is 2.69. The zero-order valence-corrected chi connectivity index (χ0v) is 8.74. The summed E-state index contributed by atoms with van der Waals surface area (Å²) in [5, 5.41) is 9.24. The Hall–Kier alpha value is -1.09. The molecule has 2 rings (SSSR count). The molecule has 1 fully saturated rings. The quantitative estimate of drug-likeness (QED) is 0.827. The molecule has 0 spiro atoms. The van der Waals surface area contributed by atoms with Crippen LogP contribution in [-0.2, 0) is 0 Å². The summed E-state index contributed by atoms with van der Waals surface area (Å²) >= 11 is 0. The maximum atomic E-state index is 13.4. The molecule has 1 aliphatic rings. The fourth-order valence-corrected chi connectivity index (χ4v) is 1.44. The van der Waals surface area contributed by atoms with Crippen LogP contribution in [0.3, 0.4) is 0 Å². The highest BCUT2D eigenvalue weighted by Gasteiger charge is 2.22. The van der Waals surface area contributed by atoms with E-state index in [1.807, 2.05) is 0 Å². The van der Waals surface area contributed by atoms with Crippen LogP contribution in [0.15, 0.2) is 18.2 Å². The first-order valence-corrected chi connectivity index (χ1v) is 5.27. The number of ether oxygens (including phenoxy) is 1. The van der Waals surface area contributed by atoms with Gasteiger partial charge in [-0.3, -0.25) is 0 Å². The SMILES string of the molecule is C[C@@H](O)c1ccc(OCC2CC2)cc1F. The number of rotatable bonds is 4. The van der Waals surface area contributed by atoms with Gasteiger partial charge in [-0.1, -0.05) is 0 Å². The molecule has 1 aromatic rings. The van der Waals surface area contributed by atoms with Gasteiger partial charge in [-0.2, -0.15) is 0 Å². The fourth-order valence-electron chi connectivity index (χ4n) is 1.44. The minimum absolute atomic E-state index is 0.314. The van der Waals surface area contributed by atoms with Gasteiger partial charge in [0.05, 0.1) is 12.7 Å². The summed E-state index contributed by atoms with van der Waals surface area (Å²) < 4.78 is 18.8. The smallest absolute Gasteiger partial charge is 0.132 e. The van der Waals surface area contributed by atoms with Crippen LogP contribution in [0.2, 0.25) is 0 Å². The van der Waals surface area contributed by atoms with Crippen molar-refractivity contribution in [1.29, 1.82) is 0 Å². The van der Waals surface area contributed by atoms with E-state index in [9.17, 15) is 9.50 Å². The first-order valence-electron chi connectivity index (χ1n) is 5.27. The van der Waals surface area contributed by atoms with E-state index in [1.165, 1.54) is 18.9 Å². The maximum absolute atomic E-state index is 13.4. The second kappa shape index (κ2) is 4.19. The van der Waals surface area contributed by atoms with Gasteiger partial charge in [-0.05, 0) is 37.8 Å². The largest absolute Gasteiger partial charge is 0.493 e. The van der Waals surface area contributed by atoms with Gasteiger partial charge < -0.3 is 9.84 Å². The Morgan fingerprint density at radius 3 is 2.80 bits per heavy atom. The summed E-state index contributed by atoms with van der Waals surface area (Å²) in [5.41, 5.74) is 0.314. The molecule has 15 heavy (non-hydrogen) atoms. The molecule has 0 amide bonds. The molecule has 0 heterocycles. The molecule has 1 aromatic carbocycles. The summed E-state index contributed by atoms with van der Waals surface area (Å²) in [5.74, 6) is 0.798. The molecule has 82 valence electrons. The monoisotopic (exact) mass is 210 g/mol. The molecule has 3 heteroatoms. The number of benzene rings is 1. The standard InChI is InChI=1S/C12H15FO2/c1-8(14)11-5-4-10(6-12(11)13)15-7-9-2-3-9/h4-6,8-9,14H,2-3,7H2,1H3/t8-/m1/s1. The summed E-state index contributed by atoms with van der Waals surface area (Å²) in [6.45, 7) is 2.22. The van der Waals surface area contributed by atoms with E-state index >= 15 is 0 Å². The van der Waals surface area contributed by atoms with Crippen LogP contribution < -0.4 is 4.74 Å². The van der Waals surface area contributed by atoms with Gasteiger partial charge in [0.15, 0.2) is 0 Å².